The summed E-state index contributed by atoms with van der Waals surface area (Å²) in [6, 6.07) is 6.57. The van der Waals surface area contributed by atoms with Crippen LogP contribution >= 0.6 is 0 Å². The van der Waals surface area contributed by atoms with Crippen LogP contribution in [-0.4, -0.2) is 27.7 Å². The Hall–Kier alpha value is -1.17. The smallest absolute Gasteiger partial charge is 0.296 e. The van der Waals surface area contributed by atoms with E-state index in [1.807, 2.05) is 6.92 Å². The summed E-state index contributed by atoms with van der Waals surface area (Å²) in [5.41, 5.74) is 1.00. The lowest BCUT2D eigenvalue weighted by Crippen LogP contribution is -2.17. The molecule has 5 heteroatoms. The number of hydrogen-bond donors (Lipinski definition) is 0. The molecule has 1 heterocycles. The molecule has 1 fully saturated rings. The fourth-order valence-corrected chi connectivity index (χ4v) is 2.51. The van der Waals surface area contributed by atoms with Crippen molar-refractivity contribution >= 4 is 10.1 Å². The summed E-state index contributed by atoms with van der Waals surface area (Å²) in [6.45, 7) is 6.27. The average molecular weight is 268 g/mol. The van der Waals surface area contributed by atoms with Crippen LogP contribution in [0.2, 0.25) is 0 Å². The SMILES string of the molecule is C=C[C@@H](COS(=O)(=O)c1ccc(C)cc1)[C@@H]1CO1. The molecule has 0 aromatic heterocycles. The molecule has 1 aliphatic rings. The Morgan fingerprint density at radius 3 is 2.61 bits per heavy atom. The molecule has 1 aliphatic heterocycles. The molecule has 0 aliphatic carbocycles. The molecular weight excluding hydrogens is 252 g/mol. The molecule has 0 bridgehead atoms. The molecular formula is C13H16O4S. The predicted octanol–water partition coefficient (Wildman–Crippen LogP) is 1.90. The first-order valence-corrected chi connectivity index (χ1v) is 7.14. The number of hydrogen-bond acceptors (Lipinski definition) is 4. The molecule has 0 unspecified atom stereocenters. The lowest BCUT2D eigenvalue weighted by atomic mass is 10.1. The topological polar surface area (TPSA) is 55.9 Å². The maximum atomic E-state index is 11.9. The first-order valence-electron chi connectivity index (χ1n) is 5.73. The summed E-state index contributed by atoms with van der Waals surface area (Å²) in [6.07, 6.45) is 1.72. The Bertz CT molecular complexity index is 514. The second-order valence-electron chi connectivity index (χ2n) is 4.32. The molecule has 0 spiro atoms. The lowest BCUT2D eigenvalue weighted by molar-refractivity contribution is 0.245. The summed E-state index contributed by atoms with van der Waals surface area (Å²) < 4.78 is 34.0. The summed E-state index contributed by atoms with van der Waals surface area (Å²) in [5.74, 6) is -0.0785. The third-order valence-corrected chi connectivity index (χ3v) is 4.16. The monoisotopic (exact) mass is 268 g/mol. The molecule has 4 nitrogen and oxygen atoms in total. The molecule has 0 saturated carbocycles. The van der Waals surface area contributed by atoms with Gasteiger partial charge in [-0.3, -0.25) is 4.18 Å². The fourth-order valence-electron chi connectivity index (χ4n) is 1.57. The molecule has 1 aromatic rings. The molecule has 18 heavy (non-hydrogen) atoms. The van der Waals surface area contributed by atoms with E-state index in [0.29, 0.717) is 6.61 Å². The second-order valence-corrected chi connectivity index (χ2v) is 5.94. The standard InChI is InChI=1S/C13H16O4S/c1-3-11(13-9-16-13)8-17-18(14,15)12-6-4-10(2)5-7-12/h3-7,11,13H,1,8-9H2,2H3/t11-,13-/m0/s1. The van der Waals surface area contributed by atoms with E-state index in [9.17, 15) is 8.42 Å². The Kier molecular flexibility index (Phi) is 3.85. The van der Waals surface area contributed by atoms with Crippen LogP contribution < -0.4 is 0 Å². The first-order chi connectivity index (χ1) is 8.53. The maximum Gasteiger partial charge on any atom is 0.296 e. The predicted molar refractivity (Wildman–Crippen MR) is 67.7 cm³/mol. The van der Waals surface area contributed by atoms with Gasteiger partial charge < -0.3 is 4.74 Å². The Balaban J connectivity index is 2.02. The molecule has 1 aromatic carbocycles. The van der Waals surface area contributed by atoms with Crippen LogP contribution in [0.3, 0.4) is 0 Å². The summed E-state index contributed by atoms with van der Waals surface area (Å²) in [5, 5.41) is 0. The van der Waals surface area contributed by atoms with Crippen LogP contribution in [0.15, 0.2) is 41.8 Å². The Morgan fingerprint density at radius 2 is 2.11 bits per heavy atom. The van der Waals surface area contributed by atoms with Gasteiger partial charge in [-0.25, -0.2) is 0 Å². The largest absolute Gasteiger partial charge is 0.372 e. The zero-order chi connectivity index (χ0) is 13.2. The molecule has 98 valence electrons. The van der Waals surface area contributed by atoms with Gasteiger partial charge in [-0.15, -0.1) is 6.58 Å². The van der Waals surface area contributed by atoms with Crippen molar-refractivity contribution in [1.82, 2.24) is 0 Å². The van der Waals surface area contributed by atoms with Crippen LogP contribution in [-0.2, 0) is 19.0 Å². The van der Waals surface area contributed by atoms with Crippen LogP contribution in [0.4, 0.5) is 0 Å². The van der Waals surface area contributed by atoms with E-state index < -0.39 is 10.1 Å². The van der Waals surface area contributed by atoms with E-state index >= 15 is 0 Å². The van der Waals surface area contributed by atoms with Crippen LogP contribution in [0, 0.1) is 12.8 Å². The Labute approximate surface area is 107 Å². The van der Waals surface area contributed by atoms with Crippen molar-refractivity contribution in [2.45, 2.75) is 17.9 Å². The van der Waals surface area contributed by atoms with Crippen molar-refractivity contribution in [3.05, 3.63) is 42.5 Å². The van der Waals surface area contributed by atoms with E-state index in [4.69, 9.17) is 8.92 Å². The van der Waals surface area contributed by atoms with Crippen molar-refractivity contribution in [1.29, 1.82) is 0 Å². The average Bonchev–Trinajstić information content (AvgIpc) is 3.15. The molecule has 0 radical (unpaired) electrons. The Morgan fingerprint density at radius 1 is 1.50 bits per heavy atom. The van der Waals surface area contributed by atoms with Gasteiger partial charge in [0, 0.05) is 5.92 Å². The number of rotatable bonds is 6. The van der Waals surface area contributed by atoms with Crippen LogP contribution in [0.1, 0.15) is 5.56 Å². The fraction of sp³-hybridized carbons (Fsp3) is 0.385. The highest BCUT2D eigenvalue weighted by molar-refractivity contribution is 7.86. The second kappa shape index (κ2) is 5.22. The zero-order valence-electron chi connectivity index (χ0n) is 10.2. The zero-order valence-corrected chi connectivity index (χ0v) is 11.0. The van der Waals surface area contributed by atoms with Crippen LogP contribution in [0.5, 0.6) is 0 Å². The highest BCUT2D eigenvalue weighted by atomic mass is 32.2. The van der Waals surface area contributed by atoms with Crippen molar-refractivity contribution < 1.29 is 17.3 Å². The minimum Gasteiger partial charge on any atom is -0.372 e. The van der Waals surface area contributed by atoms with E-state index in [-0.39, 0.29) is 23.5 Å². The van der Waals surface area contributed by atoms with Gasteiger partial charge >= 0.3 is 0 Å². The number of aryl methyl sites for hydroxylation is 1. The minimum absolute atomic E-state index is 0.0516. The first kappa shape index (κ1) is 13.3. The quantitative estimate of drug-likeness (QED) is 0.449. The summed E-state index contributed by atoms with van der Waals surface area (Å²) >= 11 is 0. The molecule has 2 atom stereocenters. The number of ether oxygens (including phenoxy) is 1. The maximum absolute atomic E-state index is 11.9. The van der Waals surface area contributed by atoms with Gasteiger partial charge in [-0.05, 0) is 19.1 Å². The highest BCUT2D eigenvalue weighted by Crippen LogP contribution is 2.23. The van der Waals surface area contributed by atoms with Gasteiger partial charge in [0.05, 0.1) is 24.2 Å². The van der Waals surface area contributed by atoms with Crippen molar-refractivity contribution in [3.63, 3.8) is 0 Å². The van der Waals surface area contributed by atoms with Crippen LogP contribution in [0.25, 0.3) is 0 Å². The summed E-state index contributed by atoms with van der Waals surface area (Å²) in [7, 11) is -3.69. The van der Waals surface area contributed by atoms with Gasteiger partial charge in [0.25, 0.3) is 10.1 Å². The van der Waals surface area contributed by atoms with Crippen molar-refractivity contribution in [2.75, 3.05) is 13.2 Å². The molecule has 0 amide bonds. The molecule has 1 saturated heterocycles. The number of epoxide rings is 1. The third-order valence-electron chi connectivity index (χ3n) is 2.86. The van der Waals surface area contributed by atoms with Gasteiger partial charge in [0.2, 0.25) is 0 Å². The van der Waals surface area contributed by atoms with E-state index in [2.05, 4.69) is 6.58 Å². The van der Waals surface area contributed by atoms with Gasteiger partial charge in [-0.2, -0.15) is 8.42 Å². The molecule has 2 rings (SSSR count). The number of benzene rings is 1. The van der Waals surface area contributed by atoms with Crippen molar-refractivity contribution in [3.8, 4) is 0 Å². The lowest BCUT2D eigenvalue weighted by Gasteiger charge is -2.10. The summed E-state index contributed by atoms with van der Waals surface area (Å²) in [4.78, 5) is 0.174. The van der Waals surface area contributed by atoms with E-state index in [0.717, 1.165) is 5.56 Å². The normalized spacial score (nSPS) is 20.4. The highest BCUT2D eigenvalue weighted by Gasteiger charge is 2.32. The van der Waals surface area contributed by atoms with E-state index in [1.54, 1.807) is 30.3 Å². The third kappa shape index (κ3) is 3.19. The molecule has 0 N–H and O–H groups in total. The van der Waals surface area contributed by atoms with Gasteiger partial charge in [0.1, 0.15) is 0 Å². The van der Waals surface area contributed by atoms with Gasteiger partial charge in [-0.1, -0.05) is 23.8 Å². The van der Waals surface area contributed by atoms with Crippen molar-refractivity contribution in [2.24, 2.45) is 5.92 Å². The van der Waals surface area contributed by atoms with Gasteiger partial charge in [0.15, 0.2) is 0 Å². The minimum atomic E-state index is -3.69. The van der Waals surface area contributed by atoms with E-state index in [1.165, 1.54) is 0 Å².